The molecule has 1 saturated carbocycles. The fourth-order valence-corrected chi connectivity index (χ4v) is 5.36. The molecule has 1 aliphatic carbocycles. The number of carbonyl (C=O) groups is 3. The summed E-state index contributed by atoms with van der Waals surface area (Å²) >= 11 is 12.7. The zero-order valence-corrected chi connectivity index (χ0v) is 25.4. The molecular weight excluding hydrogens is 641 g/mol. The Labute approximate surface area is 265 Å². The van der Waals surface area contributed by atoms with E-state index in [1.165, 1.54) is 56.9 Å². The van der Waals surface area contributed by atoms with Crippen LogP contribution in [0.3, 0.4) is 0 Å². The molecule has 0 saturated heterocycles. The molecule has 2 heterocycles. The number of aromatic nitrogens is 1. The van der Waals surface area contributed by atoms with Crippen molar-refractivity contribution < 1.29 is 56.8 Å². The number of amides is 2. The maximum atomic E-state index is 13.3. The number of ether oxygens (including phenoxy) is 5. The molecule has 1 atom stereocenters. The molecule has 5 rings (SSSR count). The van der Waals surface area contributed by atoms with E-state index in [1.54, 1.807) is 0 Å². The van der Waals surface area contributed by atoms with E-state index in [9.17, 15) is 28.4 Å². The van der Waals surface area contributed by atoms with Gasteiger partial charge in [0.2, 0.25) is 12.4 Å². The first-order valence-corrected chi connectivity index (χ1v) is 14.4. The first-order valence-electron chi connectivity index (χ1n) is 13.6. The highest BCUT2D eigenvalue weighted by Gasteiger charge is 2.39. The van der Waals surface area contributed by atoms with Crippen LogP contribution in [0.1, 0.15) is 50.8 Å². The lowest BCUT2D eigenvalue weighted by molar-refractivity contribution is -0.904. The van der Waals surface area contributed by atoms with E-state index in [-0.39, 0.29) is 68.7 Å². The molecule has 1 aromatic heterocycles. The van der Waals surface area contributed by atoms with Crippen LogP contribution < -0.4 is 23.7 Å². The van der Waals surface area contributed by atoms with Crippen LogP contribution in [0.2, 0.25) is 10.0 Å². The van der Waals surface area contributed by atoms with Gasteiger partial charge in [-0.25, -0.2) is 0 Å². The van der Waals surface area contributed by atoms with Gasteiger partial charge in [0.1, 0.15) is 22.7 Å². The minimum Gasteiger partial charge on any atom is -0.493 e. The highest BCUT2D eigenvalue weighted by atomic mass is 35.5. The number of pyridine rings is 1. The Morgan fingerprint density at radius 1 is 0.978 bits per heavy atom. The van der Waals surface area contributed by atoms with Crippen LogP contribution in [-0.2, 0) is 16.0 Å². The number of imide groups is 1. The molecule has 0 unspecified atom stereocenters. The number of carbonyl (C=O) groups excluding carboxylic acids is 3. The van der Waals surface area contributed by atoms with Gasteiger partial charge in [-0.1, -0.05) is 29.3 Å². The molecule has 0 radical (unpaired) electrons. The lowest BCUT2D eigenvalue weighted by atomic mass is 10.0. The Balaban J connectivity index is 1.43. The average Bonchev–Trinajstić information content (AvgIpc) is 3.80. The summed E-state index contributed by atoms with van der Waals surface area (Å²) in [5.41, 5.74) is 0.624. The van der Waals surface area contributed by atoms with E-state index in [1.807, 2.05) is 0 Å². The molecule has 0 spiro atoms. The van der Waals surface area contributed by atoms with Crippen LogP contribution in [0.25, 0.3) is 0 Å². The second-order valence-electron chi connectivity index (χ2n) is 10.3. The number of benzene rings is 2. The molecule has 1 N–H and O–H groups in total. The van der Waals surface area contributed by atoms with Crippen LogP contribution in [0.15, 0.2) is 42.7 Å². The Hall–Kier alpha value is -4.36. The fraction of sp³-hybridized carbons (Fsp3) is 0.333. The van der Waals surface area contributed by atoms with Crippen LogP contribution in [0.5, 0.6) is 23.0 Å². The van der Waals surface area contributed by atoms with Crippen LogP contribution in [-0.4, -0.2) is 61.9 Å². The van der Waals surface area contributed by atoms with Crippen molar-refractivity contribution in [1.29, 1.82) is 0 Å². The van der Waals surface area contributed by atoms with Gasteiger partial charge in [0.05, 0.1) is 32.0 Å². The van der Waals surface area contributed by atoms with E-state index in [2.05, 4.69) is 4.74 Å². The summed E-state index contributed by atoms with van der Waals surface area (Å²) in [4.78, 5) is 40.3. The van der Waals surface area contributed by atoms with Gasteiger partial charge in [0.25, 0.3) is 11.8 Å². The summed E-state index contributed by atoms with van der Waals surface area (Å²) in [6.07, 6.45) is 2.93. The maximum Gasteiger partial charge on any atom is 0.387 e. The van der Waals surface area contributed by atoms with E-state index in [4.69, 9.17) is 42.1 Å². The number of fused-ring (bicyclic) bond motifs is 1. The molecule has 1 fully saturated rings. The lowest BCUT2D eigenvalue weighted by Crippen LogP contribution is -2.36. The molecule has 15 heteroatoms. The zero-order valence-electron chi connectivity index (χ0n) is 23.9. The van der Waals surface area contributed by atoms with Gasteiger partial charge in [-0.15, -0.1) is 0 Å². The van der Waals surface area contributed by atoms with Crippen molar-refractivity contribution in [2.45, 2.75) is 32.0 Å². The Morgan fingerprint density at radius 3 is 2.11 bits per heavy atom. The molecule has 3 aromatic rings. The number of halogens is 4. The first kappa shape index (κ1) is 32.0. The van der Waals surface area contributed by atoms with Crippen LogP contribution in [0.4, 0.5) is 8.78 Å². The summed E-state index contributed by atoms with van der Waals surface area (Å²) in [6, 6.07) is 6.75. The van der Waals surface area contributed by atoms with E-state index < -0.39 is 37.0 Å². The smallest absolute Gasteiger partial charge is 0.387 e. The van der Waals surface area contributed by atoms with Crippen molar-refractivity contribution in [3.05, 3.63) is 75.0 Å². The molecular formula is C30H27Cl2F2N2O9+. The number of hydrogen-bond donors (Lipinski definition) is 1. The third-order valence-electron chi connectivity index (χ3n) is 7.22. The van der Waals surface area contributed by atoms with Crippen molar-refractivity contribution in [3.63, 3.8) is 0 Å². The second kappa shape index (κ2) is 13.3. The second-order valence-corrected chi connectivity index (χ2v) is 11.1. The molecule has 11 nitrogen and oxygen atoms in total. The molecule has 2 aliphatic rings. The summed E-state index contributed by atoms with van der Waals surface area (Å²) in [6.45, 7) is -3.59. The predicted octanol–water partition coefficient (Wildman–Crippen LogP) is 5.05. The summed E-state index contributed by atoms with van der Waals surface area (Å²) in [7, 11) is 2.75. The topological polar surface area (TPSA) is 125 Å². The Morgan fingerprint density at radius 2 is 1.58 bits per heavy atom. The van der Waals surface area contributed by atoms with Crippen molar-refractivity contribution >= 4 is 41.0 Å². The summed E-state index contributed by atoms with van der Waals surface area (Å²) in [5, 5.41) is 9.88. The fourth-order valence-electron chi connectivity index (χ4n) is 4.76. The number of alkyl halides is 2. The van der Waals surface area contributed by atoms with E-state index in [0.717, 1.165) is 17.7 Å². The van der Waals surface area contributed by atoms with Gasteiger partial charge in [-0.05, 0) is 48.6 Å². The van der Waals surface area contributed by atoms with Crippen molar-refractivity contribution in [3.8, 4) is 23.0 Å². The number of rotatable bonds is 13. The monoisotopic (exact) mass is 667 g/mol. The SMILES string of the molecule is COc1cc2c(cc1OC)C(=O)N(CC(=O)O[C@@H](Cc1c(Cl)c[n+](O)cc1Cl)c1ccc(OC(F)F)c(OCC3CC3)c1)C2=O. The van der Waals surface area contributed by atoms with Crippen molar-refractivity contribution in [1.82, 2.24) is 4.90 Å². The number of methoxy groups -OCH3 is 2. The number of nitrogens with zero attached hydrogens (tertiary/aromatic N) is 2. The van der Waals surface area contributed by atoms with Gasteiger partial charge in [0, 0.05) is 16.7 Å². The third kappa shape index (κ3) is 7.15. The quantitative estimate of drug-likeness (QED) is 0.115. The Bertz CT molecular complexity index is 1590. The molecule has 2 amide bonds. The third-order valence-corrected chi connectivity index (χ3v) is 7.87. The number of esters is 1. The van der Waals surface area contributed by atoms with Gasteiger partial charge in [-0.2, -0.15) is 8.78 Å². The van der Waals surface area contributed by atoms with Gasteiger partial charge in [0.15, 0.2) is 23.0 Å². The Kier molecular flexibility index (Phi) is 9.49. The van der Waals surface area contributed by atoms with Crippen molar-refractivity contribution in [2.75, 3.05) is 27.4 Å². The highest BCUT2D eigenvalue weighted by Crippen LogP contribution is 2.39. The van der Waals surface area contributed by atoms with Gasteiger partial charge >= 0.3 is 12.6 Å². The zero-order chi connectivity index (χ0) is 32.4. The van der Waals surface area contributed by atoms with E-state index in [0.29, 0.717) is 10.3 Å². The molecule has 45 heavy (non-hydrogen) atoms. The molecule has 238 valence electrons. The first-order chi connectivity index (χ1) is 21.5. The van der Waals surface area contributed by atoms with Crippen LogP contribution >= 0.6 is 23.2 Å². The molecule has 0 bridgehead atoms. The van der Waals surface area contributed by atoms with Gasteiger partial charge in [-0.3, -0.25) is 24.5 Å². The summed E-state index contributed by atoms with van der Waals surface area (Å²) in [5.74, 6) is -1.93. The van der Waals surface area contributed by atoms with Crippen molar-refractivity contribution in [2.24, 2.45) is 5.92 Å². The maximum absolute atomic E-state index is 13.3. The largest absolute Gasteiger partial charge is 0.493 e. The standard InChI is InChI=1S/C30H27Cl2F2N2O9/c1-41-24-8-17-18(9-25(24)42-2)29(39)36(28(17)38)13-27(37)44-23(10-19-20(31)11-35(40)12-21(19)32)16-5-6-22(45-30(33)34)26(7-16)43-14-15-3-4-15/h5-9,11-12,15,23,30,40H,3-4,10,13-14H2,1-2H3/q+1/t23-/m0/s1. The summed E-state index contributed by atoms with van der Waals surface area (Å²) < 4.78 is 53.5. The average molecular weight is 668 g/mol. The predicted molar refractivity (Wildman–Crippen MR) is 153 cm³/mol. The van der Waals surface area contributed by atoms with E-state index >= 15 is 0 Å². The molecule has 1 aliphatic heterocycles. The lowest BCUT2D eigenvalue weighted by Gasteiger charge is -2.22. The van der Waals surface area contributed by atoms with Crippen LogP contribution in [0, 0.1) is 5.92 Å². The minimum atomic E-state index is -3.11. The number of hydrogen-bond acceptors (Lipinski definition) is 9. The normalized spacial score (nSPS) is 14.8. The minimum absolute atomic E-state index is 0.00227. The van der Waals surface area contributed by atoms with Gasteiger partial charge < -0.3 is 23.7 Å². The highest BCUT2D eigenvalue weighted by molar-refractivity contribution is 6.35. The molecule has 2 aromatic carbocycles.